The summed E-state index contributed by atoms with van der Waals surface area (Å²) < 4.78 is 2.23. The van der Waals surface area contributed by atoms with Crippen molar-refractivity contribution >= 4 is 11.9 Å². The Kier molecular flexibility index (Phi) is 5.51. The first-order valence-electron chi connectivity index (χ1n) is 10.7. The third-order valence-corrected chi connectivity index (χ3v) is 5.37. The van der Waals surface area contributed by atoms with Crippen LogP contribution < -0.4 is 11.5 Å². The van der Waals surface area contributed by atoms with Gasteiger partial charge in [-0.2, -0.15) is 15.0 Å². The molecule has 0 saturated heterocycles. The van der Waals surface area contributed by atoms with Crippen LogP contribution in [0.15, 0.2) is 91.0 Å². The smallest absolute Gasteiger partial charge is 0.225 e. The summed E-state index contributed by atoms with van der Waals surface area (Å²) in [6, 6.07) is 30.7. The van der Waals surface area contributed by atoms with E-state index in [0.29, 0.717) is 18.8 Å². The van der Waals surface area contributed by atoms with Crippen molar-refractivity contribution in [3.8, 4) is 33.9 Å². The van der Waals surface area contributed by atoms with Crippen LogP contribution in [0, 0.1) is 0 Å². The molecule has 2 aromatic heterocycles. The zero-order valence-electron chi connectivity index (χ0n) is 18.0. The van der Waals surface area contributed by atoms with Gasteiger partial charge in [0.2, 0.25) is 11.9 Å². The highest BCUT2D eigenvalue weighted by molar-refractivity contribution is 5.82. The van der Waals surface area contributed by atoms with E-state index in [1.165, 1.54) is 0 Å². The molecule has 0 spiro atoms. The molecule has 0 atom stereocenters. The number of benzene rings is 3. The van der Waals surface area contributed by atoms with Gasteiger partial charge in [-0.25, -0.2) is 4.98 Å². The van der Waals surface area contributed by atoms with Gasteiger partial charge in [-0.3, -0.25) is 0 Å². The van der Waals surface area contributed by atoms with Gasteiger partial charge in [0.25, 0.3) is 0 Å². The first-order chi connectivity index (χ1) is 16.2. The molecule has 0 aliphatic rings. The van der Waals surface area contributed by atoms with Gasteiger partial charge < -0.3 is 16.0 Å². The van der Waals surface area contributed by atoms with E-state index >= 15 is 0 Å². The number of aromatic nitrogens is 5. The minimum atomic E-state index is 0.125. The molecule has 0 amide bonds. The molecule has 0 unspecified atom stereocenters. The fourth-order valence-corrected chi connectivity index (χ4v) is 3.94. The molecule has 2 heterocycles. The van der Waals surface area contributed by atoms with Gasteiger partial charge in [0.1, 0.15) is 11.6 Å². The van der Waals surface area contributed by atoms with Crippen LogP contribution in [0.3, 0.4) is 0 Å². The van der Waals surface area contributed by atoms with Crippen LogP contribution in [0.25, 0.3) is 33.9 Å². The van der Waals surface area contributed by atoms with E-state index in [1.807, 2.05) is 54.6 Å². The third-order valence-electron chi connectivity index (χ3n) is 5.37. The Morgan fingerprint density at radius 2 is 1.09 bits per heavy atom. The van der Waals surface area contributed by atoms with Gasteiger partial charge in [0.05, 0.1) is 11.4 Å². The summed E-state index contributed by atoms with van der Waals surface area (Å²) >= 11 is 0. The molecule has 7 heteroatoms. The van der Waals surface area contributed by atoms with Crippen LogP contribution in [0.5, 0.6) is 0 Å². The lowest BCUT2D eigenvalue weighted by Crippen LogP contribution is -2.11. The molecule has 33 heavy (non-hydrogen) atoms. The monoisotopic (exact) mass is 433 g/mol. The van der Waals surface area contributed by atoms with E-state index in [-0.39, 0.29) is 11.9 Å². The second-order valence-corrected chi connectivity index (χ2v) is 7.60. The Hall–Kier alpha value is -4.52. The number of nitrogen functional groups attached to an aromatic ring is 2. The second-order valence-electron chi connectivity index (χ2n) is 7.60. The molecule has 7 nitrogen and oxygen atoms in total. The summed E-state index contributed by atoms with van der Waals surface area (Å²) in [7, 11) is 0. The second kappa shape index (κ2) is 8.92. The number of imidazole rings is 1. The quantitative estimate of drug-likeness (QED) is 0.409. The zero-order valence-corrected chi connectivity index (χ0v) is 18.0. The van der Waals surface area contributed by atoms with Gasteiger partial charge in [-0.1, -0.05) is 91.0 Å². The molecular formula is C26H23N7. The average Bonchev–Trinajstić information content (AvgIpc) is 3.23. The minimum Gasteiger partial charge on any atom is -0.368 e. The Morgan fingerprint density at radius 3 is 1.67 bits per heavy atom. The number of hydrogen-bond acceptors (Lipinski definition) is 6. The average molecular weight is 434 g/mol. The van der Waals surface area contributed by atoms with Crippen LogP contribution >= 0.6 is 0 Å². The lowest BCUT2D eigenvalue weighted by molar-refractivity contribution is 0.681. The van der Waals surface area contributed by atoms with E-state index in [4.69, 9.17) is 16.5 Å². The van der Waals surface area contributed by atoms with Crippen molar-refractivity contribution in [1.29, 1.82) is 0 Å². The fourth-order valence-electron chi connectivity index (χ4n) is 3.94. The maximum atomic E-state index is 5.79. The van der Waals surface area contributed by atoms with Crippen molar-refractivity contribution in [2.75, 3.05) is 11.5 Å². The fraction of sp³-hybridized carbons (Fsp3) is 0.0769. The molecule has 0 bridgehead atoms. The Labute approximate surface area is 191 Å². The van der Waals surface area contributed by atoms with E-state index in [1.54, 1.807) is 0 Å². The SMILES string of the molecule is Nc1nc(N)nc(CCn2c(-c3ccccc3)nc(-c3ccccc3)c2-c2ccccc2)n1. The molecule has 5 aromatic rings. The maximum absolute atomic E-state index is 5.79. The molecule has 5 rings (SSSR count). The van der Waals surface area contributed by atoms with E-state index in [2.05, 4.69) is 55.9 Å². The number of anilines is 2. The molecule has 0 aliphatic carbocycles. The van der Waals surface area contributed by atoms with Crippen LogP contribution in [-0.4, -0.2) is 24.5 Å². The first kappa shape index (κ1) is 20.4. The van der Waals surface area contributed by atoms with Gasteiger partial charge >= 0.3 is 0 Å². The van der Waals surface area contributed by atoms with Crippen molar-refractivity contribution in [2.24, 2.45) is 0 Å². The largest absolute Gasteiger partial charge is 0.368 e. The lowest BCUT2D eigenvalue weighted by Gasteiger charge is -2.13. The number of aryl methyl sites for hydroxylation is 1. The molecule has 0 radical (unpaired) electrons. The zero-order chi connectivity index (χ0) is 22.6. The first-order valence-corrected chi connectivity index (χ1v) is 10.7. The highest BCUT2D eigenvalue weighted by Gasteiger charge is 2.21. The standard InChI is InChI=1S/C26H23N7/c27-25-29-21(30-26(28)32-25)16-17-33-23(19-12-6-2-7-13-19)22(18-10-4-1-5-11-18)31-24(33)20-14-8-3-9-15-20/h1-15H,16-17H2,(H4,27,28,29,30,32). The van der Waals surface area contributed by atoms with E-state index in [0.717, 1.165) is 33.9 Å². The highest BCUT2D eigenvalue weighted by Crippen LogP contribution is 2.36. The van der Waals surface area contributed by atoms with Crippen molar-refractivity contribution in [3.63, 3.8) is 0 Å². The molecule has 4 N–H and O–H groups in total. The van der Waals surface area contributed by atoms with Gasteiger partial charge in [0, 0.05) is 29.7 Å². The van der Waals surface area contributed by atoms with Gasteiger partial charge in [0.15, 0.2) is 0 Å². The summed E-state index contributed by atoms with van der Waals surface area (Å²) in [5, 5.41) is 0. The van der Waals surface area contributed by atoms with Crippen LogP contribution in [0.2, 0.25) is 0 Å². The number of nitrogens with two attached hydrogens (primary N) is 2. The predicted molar refractivity (Wildman–Crippen MR) is 131 cm³/mol. The summed E-state index contributed by atoms with van der Waals surface area (Å²) in [4.78, 5) is 17.5. The Morgan fingerprint density at radius 1 is 0.576 bits per heavy atom. The van der Waals surface area contributed by atoms with Gasteiger partial charge in [-0.15, -0.1) is 0 Å². The number of hydrogen-bond donors (Lipinski definition) is 2. The normalized spacial score (nSPS) is 10.9. The molecule has 3 aromatic carbocycles. The highest BCUT2D eigenvalue weighted by atomic mass is 15.1. The molecule has 0 aliphatic heterocycles. The number of rotatable bonds is 6. The Balaban J connectivity index is 1.70. The molecule has 0 saturated carbocycles. The van der Waals surface area contributed by atoms with Crippen molar-refractivity contribution in [1.82, 2.24) is 24.5 Å². The van der Waals surface area contributed by atoms with Crippen molar-refractivity contribution in [3.05, 3.63) is 96.8 Å². The van der Waals surface area contributed by atoms with Crippen molar-refractivity contribution < 1.29 is 0 Å². The topological polar surface area (TPSA) is 109 Å². The molecule has 0 fully saturated rings. The summed E-state index contributed by atoms with van der Waals surface area (Å²) in [5.41, 5.74) is 16.7. The molecule has 162 valence electrons. The number of nitrogens with zero attached hydrogens (tertiary/aromatic N) is 5. The van der Waals surface area contributed by atoms with E-state index < -0.39 is 0 Å². The summed E-state index contributed by atoms with van der Waals surface area (Å²) in [6.07, 6.45) is 0.529. The van der Waals surface area contributed by atoms with E-state index in [9.17, 15) is 0 Å². The maximum Gasteiger partial charge on any atom is 0.225 e. The van der Waals surface area contributed by atoms with Crippen LogP contribution in [-0.2, 0) is 13.0 Å². The lowest BCUT2D eigenvalue weighted by atomic mass is 10.0. The molecular weight excluding hydrogens is 410 g/mol. The van der Waals surface area contributed by atoms with Crippen LogP contribution in [0.1, 0.15) is 5.82 Å². The minimum absolute atomic E-state index is 0.125. The van der Waals surface area contributed by atoms with Crippen molar-refractivity contribution in [2.45, 2.75) is 13.0 Å². The summed E-state index contributed by atoms with van der Waals surface area (Å²) in [5.74, 6) is 1.68. The Bertz CT molecular complexity index is 1340. The summed E-state index contributed by atoms with van der Waals surface area (Å²) in [6.45, 7) is 0.594. The van der Waals surface area contributed by atoms with Gasteiger partial charge in [-0.05, 0) is 0 Å². The van der Waals surface area contributed by atoms with Crippen LogP contribution in [0.4, 0.5) is 11.9 Å². The predicted octanol–water partition coefficient (Wildman–Crippen LogP) is 4.48. The third kappa shape index (κ3) is 4.29.